The van der Waals surface area contributed by atoms with E-state index in [1.165, 1.54) is 12.1 Å². The molecular formula is C34H26N4O5. The maximum atomic E-state index is 13.0. The highest BCUT2D eigenvalue weighted by atomic mass is 16.6. The molecule has 2 heterocycles. The van der Waals surface area contributed by atoms with Crippen molar-refractivity contribution in [3.05, 3.63) is 137 Å². The molecule has 0 aliphatic heterocycles. The second-order valence-corrected chi connectivity index (χ2v) is 9.62. The van der Waals surface area contributed by atoms with E-state index >= 15 is 0 Å². The van der Waals surface area contributed by atoms with Gasteiger partial charge in [0.2, 0.25) is 0 Å². The second kappa shape index (κ2) is 11.9. The van der Waals surface area contributed by atoms with Crippen molar-refractivity contribution in [1.29, 1.82) is 0 Å². The van der Waals surface area contributed by atoms with Crippen LogP contribution in [0.15, 0.2) is 125 Å². The summed E-state index contributed by atoms with van der Waals surface area (Å²) in [6.07, 6.45) is 1.59. The third kappa shape index (κ3) is 5.64. The number of ether oxygens (including phenoxy) is 1. The minimum Gasteiger partial charge on any atom is -0.494 e. The van der Waals surface area contributed by atoms with Gasteiger partial charge in [-0.05, 0) is 60.5 Å². The van der Waals surface area contributed by atoms with Crippen LogP contribution in [0.1, 0.15) is 23.0 Å². The number of aromatic nitrogens is 1. The third-order valence-electron chi connectivity index (χ3n) is 6.86. The number of amides is 1. The summed E-state index contributed by atoms with van der Waals surface area (Å²) in [6.45, 7) is 2.44. The number of nitrogens with zero attached hydrogens (tertiary/aromatic N) is 3. The first-order valence-electron chi connectivity index (χ1n) is 13.6. The molecule has 6 aromatic rings. The van der Waals surface area contributed by atoms with Crippen molar-refractivity contribution in [3.8, 4) is 34.0 Å². The van der Waals surface area contributed by atoms with Gasteiger partial charge >= 0.3 is 5.91 Å². The molecule has 2 aromatic heterocycles. The molecule has 43 heavy (non-hydrogen) atoms. The highest BCUT2D eigenvalue weighted by Gasteiger charge is 2.20. The van der Waals surface area contributed by atoms with Gasteiger partial charge in [-0.15, -0.1) is 0 Å². The maximum absolute atomic E-state index is 13.0. The van der Waals surface area contributed by atoms with Crippen LogP contribution in [0.25, 0.3) is 39.2 Å². The SMILES string of the molecule is CCOc1ccc2oc(C(=O)N/N=C\c3cc(-c4ccccc4)n(-c4ccc([N+](=O)[O-])cc4)c3-c3ccccc3)cc2c1. The largest absolute Gasteiger partial charge is 0.494 e. The molecule has 0 radical (unpaired) electrons. The number of non-ortho nitro benzene ring substituents is 1. The number of carbonyl (C=O) groups excluding carboxylic acids is 1. The van der Waals surface area contributed by atoms with Crippen LogP contribution in [0.3, 0.4) is 0 Å². The zero-order valence-electron chi connectivity index (χ0n) is 23.1. The molecule has 0 spiro atoms. The van der Waals surface area contributed by atoms with Gasteiger partial charge < -0.3 is 13.7 Å². The summed E-state index contributed by atoms with van der Waals surface area (Å²) < 4.78 is 13.3. The Morgan fingerprint density at radius 1 is 0.930 bits per heavy atom. The van der Waals surface area contributed by atoms with E-state index < -0.39 is 10.8 Å². The van der Waals surface area contributed by atoms with E-state index in [1.54, 1.807) is 36.5 Å². The van der Waals surface area contributed by atoms with Crippen LogP contribution in [0, 0.1) is 10.1 Å². The molecule has 6 rings (SSSR count). The van der Waals surface area contributed by atoms with Gasteiger partial charge in [0.1, 0.15) is 11.3 Å². The predicted octanol–water partition coefficient (Wildman–Crippen LogP) is 7.63. The number of fused-ring (bicyclic) bond motifs is 1. The van der Waals surface area contributed by atoms with Crippen LogP contribution in [0.2, 0.25) is 0 Å². The highest BCUT2D eigenvalue weighted by Crippen LogP contribution is 2.36. The number of nitro groups is 1. The summed E-state index contributed by atoms with van der Waals surface area (Å²) in [4.78, 5) is 23.9. The lowest BCUT2D eigenvalue weighted by atomic mass is 10.1. The van der Waals surface area contributed by atoms with Gasteiger partial charge in [-0.1, -0.05) is 60.7 Å². The Balaban J connectivity index is 1.40. The summed E-state index contributed by atoms with van der Waals surface area (Å²) >= 11 is 0. The topological polar surface area (TPSA) is 112 Å². The number of carbonyl (C=O) groups is 1. The van der Waals surface area contributed by atoms with E-state index in [1.807, 2.05) is 84.3 Å². The maximum Gasteiger partial charge on any atom is 0.307 e. The Labute approximate surface area is 246 Å². The number of rotatable bonds is 9. The average molecular weight is 571 g/mol. The molecule has 4 aromatic carbocycles. The van der Waals surface area contributed by atoms with E-state index in [0.717, 1.165) is 39.2 Å². The van der Waals surface area contributed by atoms with Crippen molar-refractivity contribution < 1.29 is 18.9 Å². The van der Waals surface area contributed by atoms with Crippen molar-refractivity contribution in [1.82, 2.24) is 9.99 Å². The molecule has 0 atom stereocenters. The Hall–Kier alpha value is -5.96. The predicted molar refractivity (Wildman–Crippen MR) is 166 cm³/mol. The van der Waals surface area contributed by atoms with Gasteiger partial charge in [0, 0.05) is 28.8 Å². The van der Waals surface area contributed by atoms with Crippen molar-refractivity contribution in [2.75, 3.05) is 6.61 Å². The van der Waals surface area contributed by atoms with Crippen molar-refractivity contribution in [3.63, 3.8) is 0 Å². The zero-order chi connectivity index (χ0) is 29.8. The molecule has 0 unspecified atom stereocenters. The molecule has 0 saturated carbocycles. The van der Waals surface area contributed by atoms with Gasteiger partial charge in [-0.25, -0.2) is 5.43 Å². The standard InChI is InChI=1S/C34H26N4O5/c1-2-42-29-17-18-31-25(19-29)21-32(43-31)34(39)36-35-22-26-20-30(23-9-5-3-6-10-23)37(33(26)24-11-7-4-8-12-24)27-13-15-28(16-14-27)38(40)41/h3-22H,2H2,1H3,(H,36,39)/b35-22-. The lowest BCUT2D eigenvalue weighted by molar-refractivity contribution is -0.384. The minimum absolute atomic E-state index is 0.00243. The van der Waals surface area contributed by atoms with Gasteiger partial charge in [0.05, 0.1) is 29.1 Å². The molecule has 0 aliphatic rings. The summed E-state index contributed by atoms with van der Waals surface area (Å²) in [5, 5.41) is 16.4. The second-order valence-electron chi connectivity index (χ2n) is 9.62. The van der Waals surface area contributed by atoms with Crippen LogP contribution < -0.4 is 10.2 Å². The van der Waals surface area contributed by atoms with Crippen LogP contribution in [-0.4, -0.2) is 28.2 Å². The first-order chi connectivity index (χ1) is 21.0. The average Bonchev–Trinajstić information content (AvgIpc) is 3.64. The molecule has 1 amide bonds. The summed E-state index contributed by atoms with van der Waals surface area (Å²) in [7, 11) is 0. The smallest absolute Gasteiger partial charge is 0.307 e. The normalized spacial score (nSPS) is 11.2. The number of hydrazone groups is 1. The molecular weight excluding hydrogens is 544 g/mol. The first kappa shape index (κ1) is 27.2. The van der Waals surface area contributed by atoms with E-state index in [0.29, 0.717) is 17.9 Å². The number of nitrogens with one attached hydrogen (secondary N) is 1. The molecule has 1 N–H and O–H groups in total. The first-order valence-corrected chi connectivity index (χ1v) is 13.6. The van der Waals surface area contributed by atoms with Crippen LogP contribution >= 0.6 is 0 Å². The van der Waals surface area contributed by atoms with Crippen LogP contribution in [-0.2, 0) is 0 Å². The number of benzene rings is 4. The van der Waals surface area contributed by atoms with Crippen LogP contribution in [0.5, 0.6) is 5.75 Å². The molecule has 0 saturated heterocycles. The van der Waals surface area contributed by atoms with Gasteiger partial charge in [-0.3, -0.25) is 14.9 Å². The molecule has 0 bridgehead atoms. The van der Waals surface area contributed by atoms with E-state index in [9.17, 15) is 14.9 Å². The molecule has 0 fully saturated rings. The molecule has 9 heteroatoms. The Bertz CT molecular complexity index is 1940. The third-order valence-corrected chi connectivity index (χ3v) is 6.86. The fourth-order valence-corrected chi connectivity index (χ4v) is 4.94. The lowest BCUT2D eigenvalue weighted by Crippen LogP contribution is -2.16. The number of hydrogen-bond donors (Lipinski definition) is 1. The van der Waals surface area contributed by atoms with E-state index in [2.05, 4.69) is 10.5 Å². The quantitative estimate of drug-likeness (QED) is 0.109. The highest BCUT2D eigenvalue weighted by molar-refractivity contribution is 5.98. The summed E-state index contributed by atoms with van der Waals surface area (Å²) in [5.74, 6) is 0.322. The molecule has 212 valence electrons. The summed E-state index contributed by atoms with van der Waals surface area (Å²) in [5.41, 5.74) is 8.11. The lowest BCUT2D eigenvalue weighted by Gasteiger charge is -2.15. The van der Waals surface area contributed by atoms with Crippen molar-refractivity contribution in [2.24, 2.45) is 5.10 Å². The number of furan rings is 1. The Kier molecular flexibility index (Phi) is 7.52. The van der Waals surface area contributed by atoms with Crippen molar-refractivity contribution >= 4 is 28.8 Å². The van der Waals surface area contributed by atoms with Crippen LogP contribution in [0.4, 0.5) is 5.69 Å². The Morgan fingerprint density at radius 2 is 1.63 bits per heavy atom. The van der Waals surface area contributed by atoms with E-state index in [4.69, 9.17) is 9.15 Å². The Morgan fingerprint density at radius 3 is 2.30 bits per heavy atom. The fraction of sp³-hybridized carbons (Fsp3) is 0.0588. The number of nitro benzene ring substituents is 1. The minimum atomic E-state index is -0.496. The fourth-order valence-electron chi connectivity index (χ4n) is 4.94. The van der Waals surface area contributed by atoms with Gasteiger partial charge in [0.15, 0.2) is 5.76 Å². The molecule has 0 aliphatic carbocycles. The number of hydrogen-bond acceptors (Lipinski definition) is 6. The van der Waals surface area contributed by atoms with Gasteiger partial charge in [-0.2, -0.15) is 5.10 Å². The van der Waals surface area contributed by atoms with E-state index in [-0.39, 0.29) is 11.4 Å². The monoisotopic (exact) mass is 570 g/mol. The molecule has 9 nitrogen and oxygen atoms in total. The summed E-state index contributed by atoms with van der Waals surface area (Å²) in [6, 6.07) is 35.0. The van der Waals surface area contributed by atoms with Gasteiger partial charge in [0.25, 0.3) is 5.69 Å². The van der Waals surface area contributed by atoms with Crippen molar-refractivity contribution in [2.45, 2.75) is 6.92 Å². The zero-order valence-corrected chi connectivity index (χ0v) is 23.1.